The molecule has 2 amide bonds. The summed E-state index contributed by atoms with van der Waals surface area (Å²) < 4.78 is 26.5. The minimum absolute atomic E-state index is 0.0322. The Morgan fingerprint density at radius 1 is 1.07 bits per heavy atom. The number of hydrogen-bond donors (Lipinski definition) is 2. The van der Waals surface area contributed by atoms with Gasteiger partial charge in [-0.1, -0.05) is 39.0 Å². The van der Waals surface area contributed by atoms with Crippen molar-refractivity contribution in [1.82, 2.24) is 15.6 Å². The number of carbonyl (C=O) groups is 1. The molecule has 7 heteroatoms. The van der Waals surface area contributed by atoms with Crippen LogP contribution in [0.5, 0.6) is 0 Å². The number of hydrogen-bond acceptors (Lipinski definition) is 4. The minimum atomic E-state index is -3.70. The second-order valence-electron chi connectivity index (χ2n) is 6.68. The Labute approximate surface area is 161 Å². The largest absolute Gasteiger partial charge is 0.338 e. The summed E-state index contributed by atoms with van der Waals surface area (Å²) in [5, 5.41) is 4.44. The summed E-state index contributed by atoms with van der Waals surface area (Å²) in [6.07, 6.45) is 3.92. The predicted octanol–water partition coefficient (Wildman–Crippen LogP) is 3.43. The smallest absolute Gasteiger partial charge is 0.314 e. The molecule has 2 rings (SSSR count). The maximum absolute atomic E-state index is 13.2. The number of aromatic nitrogens is 1. The molecule has 2 N–H and O–H groups in total. The van der Waals surface area contributed by atoms with Crippen LogP contribution in [0.25, 0.3) is 0 Å². The monoisotopic (exact) mass is 389 g/mol. The summed E-state index contributed by atoms with van der Waals surface area (Å²) in [6.45, 7) is 6.56. The standard InChI is InChI=1S/C20H27N3O3S/c1-4-11-22-20(24)23-14-19(17-6-5-12-21-13-17)27(25,26)18-9-7-16(8-10-18)15(2)3/h5-10,12-13,15,19H,4,11,14H2,1-3H3,(H2,22,23,24). The highest BCUT2D eigenvalue weighted by molar-refractivity contribution is 7.91. The molecule has 6 nitrogen and oxygen atoms in total. The molecule has 0 saturated heterocycles. The van der Waals surface area contributed by atoms with Crippen LogP contribution in [0, 0.1) is 0 Å². The van der Waals surface area contributed by atoms with Crippen LogP contribution in [0.3, 0.4) is 0 Å². The van der Waals surface area contributed by atoms with E-state index in [9.17, 15) is 13.2 Å². The summed E-state index contributed by atoms with van der Waals surface area (Å²) in [4.78, 5) is 16.2. The average molecular weight is 390 g/mol. The van der Waals surface area contributed by atoms with Crippen molar-refractivity contribution in [3.8, 4) is 0 Å². The molecule has 0 radical (unpaired) electrons. The molecule has 27 heavy (non-hydrogen) atoms. The van der Waals surface area contributed by atoms with Crippen LogP contribution in [0.4, 0.5) is 4.79 Å². The van der Waals surface area contributed by atoms with Gasteiger partial charge in [0, 0.05) is 25.5 Å². The van der Waals surface area contributed by atoms with E-state index in [1.807, 2.05) is 19.1 Å². The number of benzene rings is 1. The lowest BCUT2D eigenvalue weighted by Crippen LogP contribution is -2.39. The Morgan fingerprint density at radius 2 is 1.78 bits per heavy atom. The zero-order chi connectivity index (χ0) is 19.9. The zero-order valence-corrected chi connectivity index (χ0v) is 16.8. The Balaban J connectivity index is 2.29. The van der Waals surface area contributed by atoms with Gasteiger partial charge in [0.25, 0.3) is 0 Å². The number of nitrogens with zero attached hydrogens (tertiary/aromatic N) is 1. The van der Waals surface area contributed by atoms with Crippen LogP contribution in [0.2, 0.25) is 0 Å². The van der Waals surface area contributed by atoms with Gasteiger partial charge in [-0.25, -0.2) is 13.2 Å². The number of sulfone groups is 1. The molecule has 0 saturated carbocycles. The van der Waals surface area contributed by atoms with Crippen molar-refractivity contribution in [1.29, 1.82) is 0 Å². The first-order valence-corrected chi connectivity index (χ1v) is 10.7. The van der Waals surface area contributed by atoms with Crippen LogP contribution in [0.15, 0.2) is 53.7 Å². The van der Waals surface area contributed by atoms with Crippen molar-refractivity contribution in [2.24, 2.45) is 0 Å². The summed E-state index contributed by atoms with van der Waals surface area (Å²) in [7, 11) is -3.70. The molecule has 146 valence electrons. The van der Waals surface area contributed by atoms with Crippen LogP contribution in [0.1, 0.15) is 49.5 Å². The van der Waals surface area contributed by atoms with Crippen molar-refractivity contribution in [2.45, 2.75) is 43.3 Å². The van der Waals surface area contributed by atoms with Gasteiger partial charge in [-0.05, 0) is 41.7 Å². The average Bonchev–Trinajstić information content (AvgIpc) is 2.67. The lowest BCUT2D eigenvalue weighted by Gasteiger charge is -2.19. The van der Waals surface area contributed by atoms with Crippen molar-refractivity contribution < 1.29 is 13.2 Å². The van der Waals surface area contributed by atoms with E-state index < -0.39 is 15.1 Å². The van der Waals surface area contributed by atoms with Crippen LogP contribution < -0.4 is 10.6 Å². The number of carbonyl (C=O) groups excluding carboxylic acids is 1. The maximum Gasteiger partial charge on any atom is 0.314 e. The molecule has 0 aliphatic rings. The Bertz CT molecular complexity index is 835. The van der Waals surface area contributed by atoms with Gasteiger partial charge in [-0.15, -0.1) is 0 Å². The molecule has 1 heterocycles. The third-order valence-electron chi connectivity index (χ3n) is 4.29. The second-order valence-corrected chi connectivity index (χ2v) is 8.81. The molecule has 1 aromatic carbocycles. The van der Waals surface area contributed by atoms with E-state index >= 15 is 0 Å². The van der Waals surface area contributed by atoms with Gasteiger partial charge in [0.05, 0.1) is 4.90 Å². The Kier molecular flexibility index (Phi) is 7.36. The fraction of sp³-hybridized carbons (Fsp3) is 0.400. The molecular formula is C20H27N3O3S. The van der Waals surface area contributed by atoms with E-state index in [-0.39, 0.29) is 17.5 Å². The molecule has 1 unspecified atom stereocenters. The second kappa shape index (κ2) is 9.50. The highest BCUT2D eigenvalue weighted by Gasteiger charge is 2.30. The molecule has 1 aromatic heterocycles. The van der Waals surface area contributed by atoms with Gasteiger partial charge < -0.3 is 10.6 Å². The van der Waals surface area contributed by atoms with Gasteiger partial charge in [-0.2, -0.15) is 0 Å². The van der Waals surface area contributed by atoms with Crippen LogP contribution in [-0.2, 0) is 9.84 Å². The quantitative estimate of drug-likeness (QED) is 0.724. The summed E-state index contributed by atoms with van der Waals surface area (Å²) in [5.41, 5.74) is 1.62. The Hall–Kier alpha value is -2.41. The molecule has 0 aliphatic heterocycles. The number of rotatable bonds is 8. The van der Waals surface area contributed by atoms with E-state index in [0.717, 1.165) is 12.0 Å². The highest BCUT2D eigenvalue weighted by Crippen LogP contribution is 2.29. The van der Waals surface area contributed by atoms with Gasteiger partial charge >= 0.3 is 6.03 Å². The van der Waals surface area contributed by atoms with Crippen molar-refractivity contribution in [3.63, 3.8) is 0 Å². The summed E-state index contributed by atoms with van der Waals surface area (Å²) in [5.74, 6) is 0.319. The van der Waals surface area contributed by atoms with Crippen molar-refractivity contribution >= 4 is 15.9 Å². The van der Waals surface area contributed by atoms with Crippen LogP contribution in [-0.4, -0.2) is 32.5 Å². The third kappa shape index (κ3) is 5.53. The van der Waals surface area contributed by atoms with Gasteiger partial charge in [0.15, 0.2) is 9.84 Å². The number of amides is 2. The molecule has 2 aromatic rings. The number of pyridine rings is 1. The fourth-order valence-electron chi connectivity index (χ4n) is 2.67. The maximum atomic E-state index is 13.2. The molecule has 0 bridgehead atoms. The topological polar surface area (TPSA) is 88.2 Å². The summed E-state index contributed by atoms with van der Waals surface area (Å²) in [6, 6.07) is 9.95. The normalized spacial score (nSPS) is 12.6. The third-order valence-corrected chi connectivity index (χ3v) is 6.41. The molecule has 0 fully saturated rings. The molecular weight excluding hydrogens is 362 g/mol. The number of nitrogens with one attached hydrogen (secondary N) is 2. The summed E-state index contributed by atoms with van der Waals surface area (Å²) >= 11 is 0. The van der Waals surface area contributed by atoms with E-state index in [0.29, 0.717) is 18.0 Å². The lowest BCUT2D eigenvalue weighted by atomic mass is 10.0. The van der Waals surface area contributed by atoms with E-state index in [4.69, 9.17) is 0 Å². The first-order valence-electron chi connectivity index (χ1n) is 9.11. The van der Waals surface area contributed by atoms with Crippen molar-refractivity contribution in [3.05, 3.63) is 59.9 Å². The van der Waals surface area contributed by atoms with Gasteiger partial charge in [0.1, 0.15) is 5.25 Å². The fourth-order valence-corrected chi connectivity index (χ4v) is 4.31. The van der Waals surface area contributed by atoms with E-state index in [1.165, 1.54) is 6.20 Å². The SMILES string of the molecule is CCCNC(=O)NCC(c1cccnc1)S(=O)(=O)c1ccc(C(C)C)cc1. The molecule has 0 spiro atoms. The van der Waals surface area contributed by atoms with Crippen LogP contribution >= 0.6 is 0 Å². The number of urea groups is 1. The Morgan fingerprint density at radius 3 is 2.33 bits per heavy atom. The first kappa shape index (κ1) is 20.9. The first-order chi connectivity index (χ1) is 12.9. The van der Waals surface area contributed by atoms with E-state index in [2.05, 4.69) is 29.5 Å². The molecule has 1 atom stereocenters. The van der Waals surface area contributed by atoms with E-state index in [1.54, 1.807) is 30.5 Å². The zero-order valence-electron chi connectivity index (χ0n) is 16.0. The highest BCUT2D eigenvalue weighted by atomic mass is 32.2. The lowest BCUT2D eigenvalue weighted by molar-refractivity contribution is 0.241. The predicted molar refractivity (Wildman–Crippen MR) is 106 cm³/mol. The van der Waals surface area contributed by atoms with Gasteiger partial charge in [0.2, 0.25) is 0 Å². The minimum Gasteiger partial charge on any atom is -0.338 e. The van der Waals surface area contributed by atoms with Crippen molar-refractivity contribution in [2.75, 3.05) is 13.1 Å². The molecule has 0 aliphatic carbocycles. The van der Waals surface area contributed by atoms with Gasteiger partial charge in [-0.3, -0.25) is 4.98 Å².